The number of rotatable bonds is 4. The van der Waals surface area contributed by atoms with Crippen LogP contribution in [-0.4, -0.2) is 23.0 Å². The Kier molecular flexibility index (Phi) is 4.94. The third-order valence-electron chi connectivity index (χ3n) is 5.05. The fourth-order valence-corrected chi connectivity index (χ4v) is 3.52. The first kappa shape index (κ1) is 19.2. The molecule has 0 aliphatic carbocycles. The van der Waals surface area contributed by atoms with Gasteiger partial charge in [-0.15, -0.1) is 0 Å². The Hall–Kier alpha value is -4.12. The lowest BCUT2D eigenvalue weighted by molar-refractivity contribution is -0.119. The van der Waals surface area contributed by atoms with E-state index in [-0.39, 0.29) is 17.3 Å². The van der Waals surface area contributed by atoms with E-state index in [4.69, 9.17) is 4.74 Å². The van der Waals surface area contributed by atoms with Crippen LogP contribution in [0, 0.1) is 24.2 Å². The monoisotopic (exact) mass is 401 g/mol. The second-order valence-electron chi connectivity index (χ2n) is 7.01. The van der Waals surface area contributed by atoms with Crippen molar-refractivity contribution in [1.82, 2.24) is 9.97 Å². The van der Waals surface area contributed by atoms with Crippen LogP contribution in [0.15, 0.2) is 53.3 Å². The predicted octanol–water partition coefficient (Wildman–Crippen LogP) is 3.05. The van der Waals surface area contributed by atoms with Gasteiger partial charge < -0.3 is 15.4 Å². The smallest absolute Gasteiger partial charge is 0.258 e. The van der Waals surface area contributed by atoms with Gasteiger partial charge in [-0.25, -0.2) is 0 Å². The molecule has 3 aromatic rings. The summed E-state index contributed by atoms with van der Waals surface area (Å²) in [5, 5.41) is 15.2. The van der Waals surface area contributed by atoms with Crippen LogP contribution in [-0.2, 0) is 4.79 Å². The van der Waals surface area contributed by atoms with Crippen molar-refractivity contribution in [1.29, 1.82) is 5.26 Å². The van der Waals surface area contributed by atoms with Crippen molar-refractivity contribution in [3.05, 3.63) is 75.6 Å². The van der Waals surface area contributed by atoms with Crippen LogP contribution >= 0.6 is 0 Å². The van der Waals surface area contributed by atoms with Crippen molar-refractivity contribution in [3.63, 3.8) is 0 Å². The van der Waals surface area contributed by atoms with E-state index in [1.165, 1.54) is 0 Å². The molecule has 1 aliphatic rings. The van der Waals surface area contributed by atoms with Gasteiger partial charge in [-0.3, -0.25) is 14.6 Å². The van der Waals surface area contributed by atoms with Gasteiger partial charge in [-0.1, -0.05) is 29.8 Å². The highest BCUT2D eigenvalue weighted by molar-refractivity contribution is 5.98. The van der Waals surface area contributed by atoms with Gasteiger partial charge in [0.1, 0.15) is 17.5 Å². The molecule has 3 N–H and O–H groups in total. The van der Waals surface area contributed by atoms with E-state index in [1.54, 1.807) is 31.4 Å². The average molecular weight is 401 g/mol. The maximum Gasteiger partial charge on any atom is 0.258 e. The maximum absolute atomic E-state index is 13.0. The van der Waals surface area contributed by atoms with Crippen LogP contribution in [0.2, 0.25) is 0 Å². The molecule has 0 saturated carbocycles. The normalized spacial score (nSPS) is 17.4. The fraction of sp³-hybridized carbons (Fsp3) is 0.182. The molecule has 0 fully saturated rings. The van der Waals surface area contributed by atoms with Crippen LogP contribution in [0.3, 0.4) is 0 Å². The quantitative estimate of drug-likeness (QED) is 0.618. The molecule has 1 aromatic heterocycles. The number of amides is 1. The molecule has 0 saturated heterocycles. The summed E-state index contributed by atoms with van der Waals surface area (Å²) in [6.07, 6.45) is 0. The third-order valence-corrected chi connectivity index (χ3v) is 5.05. The van der Waals surface area contributed by atoms with Crippen molar-refractivity contribution < 1.29 is 9.53 Å². The Morgan fingerprint density at radius 2 is 1.80 bits per heavy atom. The molecule has 0 spiro atoms. The minimum absolute atomic E-state index is 0.150. The summed E-state index contributed by atoms with van der Waals surface area (Å²) in [5.41, 5.74) is 2.29. The molecule has 30 heavy (non-hydrogen) atoms. The number of nitriles is 1. The van der Waals surface area contributed by atoms with E-state index in [2.05, 4.69) is 20.6 Å². The summed E-state index contributed by atoms with van der Waals surface area (Å²) in [7, 11) is 1.58. The first-order chi connectivity index (χ1) is 14.5. The number of benzene rings is 2. The number of hydrogen-bond donors (Lipinski definition) is 3. The molecular formula is C22H19N5O3. The highest BCUT2D eigenvalue weighted by atomic mass is 16.5. The number of carbonyl (C=O) groups excluding carboxylic acids is 1. The van der Waals surface area contributed by atoms with E-state index in [1.807, 2.05) is 37.3 Å². The Morgan fingerprint density at radius 1 is 1.10 bits per heavy atom. The lowest BCUT2D eigenvalue weighted by atomic mass is 9.79. The number of aromatic amines is 1. The van der Waals surface area contributed by atoms with Gasteiger partial charge in [0, 0.05) is 11.6 Å². The standard InChI is InChI=1S/C22H19N5O3/c1-12-3-5-13(6-4-12)17-16(11-23)20(28)25-19-18(17)21(29)27-22(26-19)24-14-7-9-15(30-2)10-8-14/h3-10,16-17H,1-2H3,(H3,24,25,26,27,28,29). The summed E-state index contributed by atoms with van der Waals surface area (Å²) in [5.74, 6) is -1.18. The number of carbonyl (C=O) groups is 1. The number of aryl methyl sites for hydroxylation is 1. The number of ether oxygens (including phenoxy) is 1. The molecule has 8 nitrogen and oxygen atoms in total. The molecule has 2 atom stereocenters. The second kappa shape index (κ2) is 7.72. The molecule has 150 valence electrons. The Morgan fingerprint density at radius 3 is 2.43 bits per heavy atom. The molecule has 0 bridgehead atoms. The highest BCUT2D eigenvalue weighted by Crippen LogP contribution is 2.38. The van der Waals surface area contributed by atoms with Gasteiger partial charge in [-0.2, -0.15) is 10.2 Å². The zero-order valence-electron chi connectivity index (χ0n) is 16.4. The number of H-pyrrole nitrogens is 1. The van der Waals surface area contributed by atoms with Crippen molar-refractivity contribution >= 4 is 23.4 Å². The number of nitrogens with zero attached hydrogens (tertiary/aromatic N) is 2. The summed E-state index contributed by atoms with van der Waals surface area (Å²) < 4.78 is 5.13. The lowest BCUT2D eigenvalue weighted by Crippen LogP contribution is -2.38. The average Bonchev–Trinajstić information content (AvgIpc) is 2.74. The van der Waals surface area contributed by atoms with Gasteiger partial charge in [0.05, 0.1) is 18.7 Å². The summed E-state index contributed by atoms with van der Waals surface area (Å²) in [6, 6.07) is 16.6. The SMILES string of the molecule is COc1ccc(Nc2nc3c(c(=O)[nH]2)C(c2ccc(C)cc2)C(C#N)C(=O)N3)cc1. The molecule has 0 radical (unpaired) electrons. The van der Waals surface area contributed by atoms with E-state index >= 15 is 0 Å². The Bertz CT molecular complexity index is 1190. The molecule has 2 heterocycles. The van der Waals surface area contributed by atoms with Crippen LogP contribution in [0.5, 0.6) is 5.75 Å². The van der Waals surface area contributed by atoms with Crippen LogP contribution in [0.4, 0.5) is 17.5 Å². The van der Waals surface area contributed by atoms with E-state index in [0.29, 0.717) is 17.0 Å². The molecule has 2 aromatic carbocycles. The number of nitrogens with one attached hydrogen (secondary N) is 3. The Labute approximate surface area is 172 Å². The molecule has 1 amide bonds. The molecule has 1 aliphatic heterocycles. The molecule has 4 rings (SSSR count). The van der Waals surface area contributed by atoms with Gasteiger partial charge in [0.25, 0.3) is 5.56 Å². The summed E-state index contributed by atoms with van der Waals surface area (Å²) >= 11 is 0. The first-order valence-corrected chi connectivity index (χ1v) is 9.32. The van der Waals surface area contributed by atoms with Crippen LogP contribution in [0.1, 0.15) is 22.6 Å². The van der Waals surface area contributed by atoms with Crippen molar-refractivity contribution in [3.8, 4) is 11.8 Å². The molecule has 2 unspecified atom stereocenters. The number of anilines is 3. The minimum Gasteiger partial charge on any atom is -0.497 e. The summed E-state index contributed by atoms with van der Waals surface area (Å²) in [4.78, 5) is 32.6. The van der Waals surface area contributed by atoms with E-state index < -0.39 is 23.3 Å². The molecule has 8 heteroatoms. The number of fused-ring (bicyclic) bond motifs is 1. The second-order valence-corrected chi connectivity index (χ2v) is 7.01. The minimum atomic E-state index is -1.02. The third kappa shape index (κ3) is 3.49. The fourth-order valence-electron chi connectivity index (χ4n) is 3.52. The maximum atomic E-state index is 13.0. The predicted molar refractivity (Wildman–Crippen MR) is 112 cm³/mol. The lowest BCUT2D eigenvalue weighted by Gasteiger charge is -2.28. The zero-order chi connectivity index (χ0) is 21.3. The van der Waals surface area contributed by atoms with Gasteiger partial charge in [-0.05, 0) is 36.8 Å². The Balaban J connectivity index is 1.76. The topological polar surface area (TPSA) is 120 Å². The first-order valence-electron chi connectivity index (χ1n) is 9.32. The van der Waals surface area contributed by atoms with Crippen LogP contribution in [0.25, 0.3) is 0 Å². The van der Waals surface area contributed by atoms with E-state index in [0.717, 1.165) is 5.56 Å². The van der Waals surface area contributed by atoms with Crippen molar-refractivity contribution in [2.75, 3.05) is 17.7 Å². The number of aromatic nitrogens is 2. The summed E-state index contributed by atoms with van der Waals surface area (Å²) in [6.45, 7) is 1.94. The van der Waals surface area contributed by atoms with Gasteiger partial charge >= 0.3 is 0 Å². The highest BCUT2D eigenvalue weighted by Gasteiger charge is 2.40. The van der Waals surface area contributed by atoms with Gasteiger partial charge in [0.15, 0.2) is 0 Å². The van der Waals surface area contributed by atoms with Crippen LogP contribution < -0.4 is 20.9 Å². The van der Waals surface area contributed by atoms with Crippen molar-refractivity contribution in [2.24, 2.45) is 5.92 Å². The van der Waals surface area contributed by atoms with E-state index in [9.17, 15) is 14.9 Å². The number of methoxy groups -OCH3 is 1. The molecular weight excluding hydrogens is 382 g/mol. The van der Waals surface area contributed by atoms with Crippen molar-refractivity contribution in [2.45, 2.75) is 12.8 Å². The largest absolute Gasteiger partial charge is 0.497 e. The van der Waals surface area contributed by atoms with Gasteiger partial charge in [0.2, 0.25) is 11.9 Å². The zero-order valence-corrected chi connectivity index (χ0v) is 16.4. The number of hydrogen-bond acceptors (Lipinski definition) is 6.